The predicted molar refractivity (Wildman–Crippen MR) is 68.1 cm³/mol. The molecule has 0 atom stereocenters. The van der Waals surface area contributed by atoms with Crippen LogP contribution in [0.4, 0.5) is 0 Å². The van der Waals surface area contributed by atoms with E-state index in [2.05, 4.69) is 52.0 Å². The van der Waals surface area contributed by atoms with Crippen molar-refractivity contribution in [1.29, 1.82) is 0 Å². The molecule has 0 saturated carbocycles. The van der Waals surface area contributed by atoms with E-state index in [0.29, 0.717) is 11.8 Å². The largest absolute Gasteiger partial charge is 0.0776 e. The quantitative estimate of drug-likeness (QED) is 0.606. The normalized spacial score (nSPS) is 9.57. The first-order valence-electron chi connectivity index (χ1n) is 4.71. The lowest BCUT2D eigenvalue weighted by atomic mass is 9.97. The highest BCUT2D eigenvalue weighted by Crippen LogP contribution is 2.18. The summed E-state index contributed by atoms with van der Waals surface area (Å²) in [6, 6.07) is 8.94. The molecule has 14 heavy (non-hydrogen) atoms. The lowest BCUT2D eigenvalue weighted by Gasteiger charge is -2.08. The second-order valence-electron chi connectivity index (χ2n) is 3.98. The van der Waals surface area contributed by atoms with Gasteiger partial charge >= 0.3 is 0 Å². The minimum Gasteiger partial charge on any atom is -0.0776 e. The van der Waals surface area contributed by atoms with E-state index in [9.17, 15) is 0 Å². The summed E-state index contributed by atoms with van der Waals surface area (Å²) in [4.78, 5) is 0. The van der Waals surface area contributed by atoms with Gasteiger partial charge in [-0.25, -0.2) is 0 Å². The number of rotatable bonds is 2. The molecule has 0 aliphatic rings. The molecule has 1 aromatic carbocycles. The van der Waals surface area contributed by atoms with Crippen molar-refractivity contribution < 1.29 is 0 Å². The minimum atomic E-state index is 0. The standard InChI is InChI=1S/C12H18.2CH4/c1-9(2)11-5-7-12(8-6-11)10(3)4;;/h5-10H,1-4H3;2*1H4. The van der Waals surface area contributed by atoms with Gasteiger partial charge in [-0.05, 0) is 23.0 Å². The summed E-state index contributed by atoms with van der Waals surface area (Å²) < 4.78 is 0. The third kappa shape index (κ3) is 3.95. The summed E-state index contributed by atoms with van der Waals surface area (Å²) in [7, 11) is 0. The summed E-state index contributed by atoms with van der Waals surface area (Å²) >= 11 is 0. The molecule has 0 aromatic heterocycles. The van der Waals surface area contributed by atoms with Gasteiger partial charge in [0.2, 0.25) is 0 Å². The van der Waals surface area contributed by atoms with Gasteiger partial charge in [-0.15, -0.1) is 0 Å². The molecule has 0 N–H and O–H groups in total. The van der Waals surface area contributed by atoms with E-state index in [0.717, 1.165) is 0 Å². The van der Waals surface area contributed by atoms with Crippen LogP contribution in [0.2, 0.25) is 0 Å². The summed E-state index contributed by atoms with van der Waals surface area (Å²) in [5.41, 5.74) is 2.86. The zero-order chi connectivity index (χ0) is 9.14. The fourth-order valence-corrected chi connectivity index (χ4v) is 1.27. The number of hydrogen-bond acceptors (Lipinski definition) is 0. The molecular weight excluding hydrogens is 168 g/mol. The molecule has 0 saturated heterocycles. The van der Waals surface area contributed by atoms with Crippen molar-refractivity contribution in [1.82, 2.24) is 0 Å². The molecule has 0 aliphatic heterocycles. The van der Waals surface area contributed by atoms with Crippen LogP contribution < -0.4 is 0 Å². The Morgan fingerprint density at radius 1 is 0.643 bits per heavy atom. The van der Waals surface area contributed by atoms with Crippen molar-refractivity contribution >= 4 is 0 Å². The molecule has 0 radical (unpaired) electrons. The van der Waals surface area contributed by atoms with Crippen LogP contribution in [0.1, 0.15) is 65.5 Å². The second kappa shape index (κ2) is 6.64. The maximum absolute atomic E-state index is 2.24. The topological polar surface area (TPSA) is 0 Å². The van der Waals surface area contributed by atoms with E-state index in [1.165, 1.54) is 11.1 Å². The molecule has 0 amide bonds. The van der Waals surface area contributed by atoms with Crippen LogP contribution in [0.5, 0.6) is 0 Å². The van der Waals surface area contributed by atoms with Crippen LogP contribution in [0.15, 0.2) is 24.3 Å². The van der Waals surface area contributed by atoms with Crippen molar-refractivity contribution in [2.45, 2.75) is 54.4 Å². The van der Waals surface area contributed by atoms with Gasteiger partial charge in [0.15, 0.2) is 0 Å². The van der Waals surface area contributed by atoms with Gasteiger partial charge in [-0.2, -0.15) is 0 Å². The SMILES string of the molecule is C.C.CC(C)c1ccc(C(C)C)cc1. The maximum atomic E-state index is 2.24. The molecule has 0 nitrogen and oxygen atoms in total. The highest BCUT2D eigenvalue weighted by molar-refractivity contribution is 5.26. The van der Waals surface area contributed by atoms with E-state index < -0.39 is 0 Å². The van der Waals surface area contributed by atoms with E-state index in [-0.39, 0.29) is 14.9 Å². The van der Waals surface area contributed by atoms with Gasteiger partial charge in [0.05, 0.1) is 0 Å². The van der Waals surface area contributed by atoms with Gasteiger partial charge < -0.3 is 0 Å². The summed E-state index contributed by atoms with van der Waals surface area (Å²) in [5.74, 6) is 1.29. The molecule has 0 spiro atoms. The highest BCUT2D eigenvalue weighted by Gasteiger charge is 2.00. The zero-order valence-electron chi connectivity index (χ0n) is 8.46. The molecule has 1 rings (SSSR count). The van der Waals surface area contributed by atoms with Crippen LogP contribution in [-0.4, -0.2) is 0 Å². The first-order valence-corrected chi connectivity index (χ1v) is 4.71. The van der Waals surface area contributed by atoms with Crippen LogP contribution in [-0.2, 0) is 0 Å². The Bertz CT molecular complexity index is 202. The van der Waals surface area contributed by atoms with Gasteiger partial charge in [-0.1, -0.05) is 66.8 Å². The zero-order valence-corrected chi connectivity index (χ0v) is 8.46. The Labute approximate surface area is 90.4 Å². The predicted octanol–water partition coefficient (Wildman–Crippen LogP) is 5.21. The smallest absolute Gasteiger partial charge is 0.0219 e. The average molecular weight is 194 g/mol. The van der Waals surface area contributed by atoms with Gasteiger partial charge in [0.25, 0.3) is 0 Å². The first kappa shape index (κ1) is 15.7. The molecule has 0 heteroatoms. The Morgan fingerprint density at radius 2 is 0.857 bits per heavy atom. The molecule has 0 aliphatic carbocycles. The van der Waals surface area contributed by atoms with Crippen LogP contribution in [0, 0.1) is 0 Å². The van der Waals surface area contributed by atoms with Gasteiger partial charge in [-0.3, -0.25) is 0 Å². The number of benzene rings is 1. The third-order valence-electron chi connectivity index (χ3n) is 2.27. The van der Waals surface area contributed by atoms with Crippen LogP contribution >= 0.6 is 0 Å². The van der Waals surface area contributed by atoms with Crippen LogP contribution in [0.3, 0.4) is 0 Å². The van der Waals surface area contributed by atoms with Gasteiger partial charge in [0, 0.05) is 0 Å². The molecule has 1 aromatic rings. The van der Waals surface area contributed by atoms with E-state index >= 15 is 0 Å². The van der Waals surface area contributed by atoms with Crippen molar-refractivity contribution in [2.75, 3.05) is 0 Å². The summed E-state index contributed by atoms with van der Waals surface area (Å²) in [6.07, 6.45) is 0. The molecule has 0 fully saturated rings. The van der Waals surface area contributed by atoms with Crippen molar-refractivity contribution in [3.63, 3.8) is 0 Å². The molecule has 82 valence electrons. The minimum absolute atomic E-state index is 0. The monoisotopic (exact) mass is 194 g/mol. The maximum Gasteiger partial charge on any atom is -0.0219 e. The summed E-state index contributed by atoms with van der Waals surface area (Å²) in [6.45, 7) is 8.91. The van der Waals surface area contributed by atoms with E-state index in [1.807, 2.05) is 0 Å². The fourth-order valence-electron chi connectivity index (χ4n) is 1.27. The van der Waals surface area contributed by atoms with Gasteiger partial charge in [0.1, 0.15) is 0 Å². The Morgan fingerprint density at radius 3 is 1.00 bits per heavy atom. The Kier molecular flexibility index (Phi) is 7.44. The fraction of sp³-hybridized carbons (Fsp3) is 0.571. The Balaban J connectivity index is 0. The van der Waals surface area contributed by atoms with Crippen LogP contribution in [0.25, 0.3) is 0 Å². The lowest BCUT2D eigenvalue weighted by molar-refractivity contribution is 0.845. The highest BCUT2D eigenvalue weighted by atomic mass is 14.1. The molecular formula is C14H26. The Hall–Kier alpha value is -0.780. The average Bonchev–Trinajstić information content (AvgIpc) is 2.04. The molecule has 0 bridgehead atoms. The number of hydrogen-bond donors (Lipinski definition) is 0. The first-order chi connectivity index (χ1) is 5.61. The second-order valence-corrected chi connectivity index (χ2v) is 3.98. The molecule has 0 unspecified atom stereocenters. The van der Waals surface area contributed by atoms with Crippen molar-refractivity contribution in [3.05, 3.63) is 35.4 Å². The summed E-state index contributed by atoms with van der Waals surface area (Å²) in [5, 5.41) is 0. The van der Waals surface area contributed by atoms with E-state index in [4.69, 9.17) is 0 Å². The third-order valence-corrected chi connectivity index (χ3v) is 2.27. The van der Waals surface area contributed by atoms with Crippen molar-refractivity contribution in [3.8, 4) is 0 Å². The van der Waals surface area contributed by atoms with E-state index in [1.54, 1.807) is 0 Å². The molecule has 0 heterocycles. The van der Waals surface area contributed by atoms with Crippen molar-refractivity contribution in [2.24, 2.45) is 0 Å². The lowest BCUT2D eigenvalue weighted by Crippen LogP contribution is -1.90.